The molecule has 0 saturated carbocycles. The number of ether oxygens (including phenoxy) is 1. The molecule has 0 aliphatic heterocycles. The van der Waals surface area contributed by atoms with E-state index in [4.69, 9.17) is 14.9 Å². The lowest BCUT2D eigenvalue weighted by Crippen LogP contribution is -2.19. The molecule has 2 aromatic carbocycles. The average Bonchev–Trinajstić information content (AvgIpc) is 2.46. The Kier molecular flexibility index (Phi) is 4.42. The van der Waals surface area contributed by atoms with E-state index >= 15 is 0 Å². The van der Waals surface area contributed by atoms with Crippen LogP contribution in [0.15, 0.2) is 54.6 Å². The van der Waals surface area contributed by atoms with E-state index in [1.54, 1.807) is 0 Å². The standard InChI is InChI=1S/C17H20O3/c1-17(2,13-6-4-3-5-7-13)14-8-10-15(11-9-14)20-12-16(18)19/h3-11,16,18-19H,12H2,1-2H3. The van der Waals surface area contributed by atoms with E-state index < -0.39 is 6.29 Å². The lowest BCUT2D eigenvalue weighted by molar-refractivity contribution is -0.0680. The minimum Gasteiger partial charge on any atom is -0.488 e. The van der Waals surface area contributed by atoms with E-state index in [0.717, 1.165) is 0 Å². The van der Waals surface area contributed by atoms with Crippen molar-refractivity contribution >= 4 is 0 Å². The molecule has 0 aliphatic rings. The first kappa shape index (κ1) is 14.6. The van der Waals surface area contributed by atoms with Gasteiger partial charge in [0, 0.05) is 5.41 Å². The van der Waals surface area contributed by atoms with Crippen LogP contribution in [0.5, 0.6) is 5.75 Å². The fourth-order valence-corrected chi connectivity index (χ4v) is 2.16. The molecular formula is C17H20O3. The third kappa shape index (κ3) is 3.38. The number of aliphatic hydroxyl groups is 2. The van der Waals surface area contributed by atoms with Crippen LogP contribution in [-0.4, -0.2) is 23.1 Å². The van der Waals surface area contributed by atoms with E-state index in [2.05, 4.69) is 26.0 Å². The van der Waals surface area contributed by atoms with Gasteiger partial charge in [0.15, 0.2) is 6.29 Å². The molecule has 3 heteroatoms. The van der Waals surface area contributed by atoms with Gasteiger partial charge in [-0.3, -0.25) is 0 Å². The molecule has 0 radical (unpaired) electrons. The number of hydrogen-bond donors (Lipinski definition) is 2. The van der Waals surface area contributed by atoms with Crippen molar-refractivity contribution in [2.75, 3.05) is 6.61 Å². The first-order valence-electron chi connectivity index (χ1n) is 6.65. The molecule has 0 aliphatic carbocycles. The maximum Gasteiger partial charge on any atom is 0.186 e. The van der Waals surface area contributed by atoms with E-state index in [9.17, 15) is 0 Å². The molecule has 2 aromatic rings. The second-order valence-corrected chi connectivity index (χ2v) is 5.31. The van der Waals surface area contributed by atoms with E-state index in [0.29, 0.717) is 5.75 Å². The molecule has 0 amide bonds. The summed E-state index contributed by atoms with van der Waals surface area (Å²) in [4.78, 5) is 0. The molecule has 0 bridgehead atoms. The Morgan fingerprint density at radius 1 is 0.900 bits per heavy atom. The van der Waals surface area contributed by atoms with Gasteiger partial charge in [-0.25, -0.2) is 0 Å². The summed E-state index contributed by atoms with van der Waals surface area (Å²) < 4.78 is 5.24. The number of hydrogen-bond acceptors (Lipinski definition) is 3. The van der Waals surface area contributed by atoms with Crippen molar-refractivity contribution in [3.05, 3.63) is 65.7 Å². The highest BCUT2D eigenvalue weighted by molar-refractivity contribution is 5.39. The number of rotatable bonds is 5. The van der Waals surface area contributed by atoms with Crippen LogP contribution in [0.3, 0.4) is 0 Å². The highest BCUT2D eigenvalue weighted by Crippen LogP contribution is 2.32. The molecular weight excluding hydrogens is 252 g/mol. The first-order chi connectivity index (χ1) is 9.50. The van der Waals surface area contributed by atoms with Crippen molar-refractivity contribution in [2.45, 2.75) is 25.6 Å². The van der Waals surface area contributed by atoms with Gasteiger partial charge in [-0.05, 0) is 23.3 Å². The third-order valence-electron chi connectivity index (χ3n) is 3.47. The van der Waals surface area contributed by atoms with E-state index in [-0.39, 0.29) is 12.0 Å². The van der Waals surface area contributed by atoms with Gasteiger partial charge in [-0.15, -0.1) is 0 Å². The normalized spacial score (nSPS) is 11.7. The van der Waals surface area contributed by atoms with Gasteiger partial charge in [-0.2, -0.15) is 0 Å². The zero-order chi connectivity index (χ0) is 14.6. The Hall–Kier alpha value is -1.84. The largest absolute Gasteiger partial charge is 0.488 e. The molecule has 0 heterocycles. The zero-order valence-electron chi connectivity index (χ0n) is 11.8. The summed E-state index contributed by atoms with van der Waals surface area (Å²) in [6.07, 6.45) is -1.45. The zero-order valence-corrected chi connectivity index (χ0v) is 11.8. The van der Waals surface area contributed by atoms with Gasteiger partial charge in [0.05, 0.1) is 0 Å². The molecule has 0 spiro atoms. The van der Waals surface area contributed by atoms with Gasteiger partial charge < -0.3 is 14.9 Å². The Bertz CT molecular complexity index is 530. The Balaban J connectivity index is 2.17. The van der Waals surface area contributed by atoms with Crippen molar-refractivity contribution in [3.8, 4) is 5.75 Å². The van der Waals surface area contributed by atoms with Gasteiger partial charge >= 0.3 is 0 Å². The molecule has 3 nitrogen and oxygen atoms in total. The summed E-state index contributed by atoms with van der Waals surface area (Å²) in [5.74, 6) is 0.630. The SMILES string of the molecule is CC(C)(c1ccccc1)c1ccc(OCC(O)O)cc1. The summed E-state index contributed by atoms with van der Waals surface area (Å²) in [5.41, 5.74) is 2.34. The quantitative estimate of drug-likeness (QED) is 0.823. The molecule has 2 rings (SSSR count). The lowest BCUT2D eigenvalue weighted by Gasteiger charge is -2.26. The van der Waals surface area contributed by atoms with Crippen LogP contribution in [0.2, 0.25) is 0 Å². The lowest BCUT2D eigenvalue weighted by atomic mass is 9.78. The molecule has 20 heavy (non-hydrogen) atoms. The molecule has 106 valence electrons. The van der Waals surface area contributed by atoms with E-state index in [1.165, 1.54) is 11.1 Å². The van der Waals surface area contributed by atoms with Crippen LogP contribution in [-0.2, 0) is 5.41 Å². The van der Waals surface area contributed by atoms with Crippen molar-refractivity contribution in [1.82, 2.24) is 0 Å². The summed E-state index contributed by atoms with van der Waals surface area (Å²) in [5, 5.41) is 17.6. The maximum absolute atomic E-state index is 8.78. The van der Waals surface area contributed by atoms with Crippen molar-refractivity contribution in [2.24, 2.45) is 0 Å². The summed E-state index contributed by atoms with van der Waals surface area (Å²) in [6, 6.07) is 18.0. The van der Waals surface area contributed by atoms with Crippen LogP contribution in [0.4, 0.5) is 0 Å². The molecule has 0 atom stereocenters. The topological polar surface area (TPSA) is 49.7 Å². The number of benzene rings is 2. The molecule has 0 aromatic heterocycles. The monoisotopic (exact) mass is 272 g/mol. The average molecular weight is 272 g/mol. The molecule has 0 saturated heterocycles. The number of aliphatic hydroxyl groups excluding tert-OH is 1. The van der Waals surface area contributed by atoms with E-state index in [1.807, 2.05) is 42.5 Å². The van der Waals surface area contributed by atoms with Crippen molar-refractivity contribution in [3.63, 3.8) is 0 Å². The predicted octanol–water partition coefficient (Wildman–Crippen LogP) is 2.70. The smallest absolute Gasteiger partial charge is 0.186 e. The van der Waals surface area contributed by atoms with Crippen LogP contribution in [0.25, 0.3) is 0 Å². The fourth-order valence-electron chi connectivity index (χ4n) is 2.16. The van der Waals surface area contributed by atoms with Gasteiger partial charge in [-0.1, -0.05) is 56.3 Å². The summed E-state index contributed by atoms with van der Waals surface area (Å²) in [6.45, 7) is 4.23. The molecule has 0 fully saturated rings. The Labute approximate surface area is 119 Å². The minimum absolute atomic E-state index is 0.0870. The third-order valence-corrected chi connectivity index (χ3v) is 3.47. The van der Waals surface area contributed by atoms with Gasteiger partial charge in [0.25, 0.3) is 0 Å². The first-order valence-corrected chi connectivity index (χ1v) is 6.65. The maximum atomic E-state index is 8.78. The second kappa shape index (κ2) is 6.07. The van der Waals surface area contributed by atoms with Gasteiger partial charge in [0.2, 0.25) is 0 Å². The molecule has 0 unspecified atom stereocenters. The van der Waals surface area contributed by atoms with Crippen molar-refractivity contribution < 1.29 is 14.9 Å². The fraction of sp³-hybridized carbons (Fsp3) is 0.294. The van der Waals surface area contributed by atoms with Crippen LogP contribution < -0.4 is 4.74 Å². The molecule has 2 N–H and O–H groups in total. The Morgan fingerprint density at radius 2 is 1.45 bits per heavy atom. The highest BCUT2D eigenvalue weighted by atomic mass is 16.5. The van der Waals surface area contributed by atoms with Crippen LogP contribution in [0.1, 0.15) is 25.0 Å². The van der Waals surface area contributed by atoms with Crippen LogP contribution >= 0.6 is 0 Å². The van der Waals surface area contributed by atoms with Crippen LogP contribution in [0, 0.1) is 0 Å². The van der Waals surface area contributed by atoms with Crippen molar-refractivity contribution in [1.29, 1.82) is 0 Å². The highest BCUT2D eigenvalue weighted by Gasteiger charge is 2.22. The predicted molar refractivity (Wildman–Crippen MR) is 78.7 cm³/mol. The minimum atomic E-state index is -1.45. The second-order valence-electron chi connectivity index (χ2n) is 5.31. The Morgan fingerprint density at radius 3 is 2.00 bits per heavy atom. The summed E-state index contributed by atoms with van der Waals surface area (Å²) >= 11 is 0. The summed E-state index contributed by atoms with van der Waals surface area (Å²) in [7, 11) is 0. The van der Waals surface area contributed by atoms with Gasteiger partial charge in [0.1, 0.15) is 12.4 Å².